The largest absolute Gasteiger partial charge is 0.495 e. The van der Waals surface area contributed by atoms with Crippen LogP contribution in [0.2, 0.25) is 5.02 Å². The Bertz CT molecular complexity index is 785. The Balaban J connectivity index is 1.83. The maximum Gasteiger partial charge on any atom is 0.330 e. The van der Waals surface area contributed by atoms with E-state index in [1.165, 1.54) is 25.6 Å². The summed E-state index contributed by atoms with van der Waals surface area (Å²) < 4.78 is 10.2. The van der Waals surface area contributed by atoms with Crippen molar-refractivity contribution in [1.29, 1.82) is 0 Å². The van der Waals surface area contributed by atoms with Gasteiger partial charge in [-0.3, -0.25) is 4.79 Å². The molecular weight excluding hydrogens is 336 g/mol. The van der Waals surface area contributed by atoms with Gasteiger partial charge in [0.25, 0.3) is 5.91 Å². The van der Waals surface area contributed by atoms with Crippen molar-refractivity contribution < 1.29 is 23.8 Å². The highest BCUT2D eigenvalue weighted by Crippen LogP contribution is 2.40. The number of methoxy groups -OCH3 is 1. The minimum absolute atomic E-state index is 0.0587. The number of oxazole rings is 1. The first-order valence-corrected chi connectivity index (χ1v) is 7.69. The highest BCUT2D eigenvalue weighted by molar-refractivity contribution is 6.32. The molecule has 1 unspecified atom stereocenters. The molecule has 8 heteroatoms. The van der Waals surface area contributed by atoms with Crippen LogP contribution in [0.1, 0.15) is 46.6 Å². The molecule has 0 spiro atoms. The number of carboxylic acid groups (broad SMARTS) is 1. The lowest BCUT2D eigenvalue weighted by Gasteiger charge is -2.15. The van der Waals surface area contributed by atoms with Gasteiger partial charge in [0.2, 0.25) is 5.76 Å². The summed E-state index contributed by atoms with van der Waals surface area (Å²) in [6.45, 7) is 0. The summed E-state index contributed by atoms with van der Waals surface area (Å²) in [6.07, 6.45) is 3.09. The van der Waals surface area contributed by atoms with Crippen LogP contribution in [0.5, 0.6) is 5.75 Å². The van der Waals surface area contributed by atoms with Crippen molar-refractivity contribution in [3.63, 3.8) is 0 Å². The number of hydrogen-bond acceptors (Lipinski definition) is 5. The average molecular weight is 351 g/mol. The number of nitrogens with one attached hydrogen (secondary N) is 1. The number of carbonyl (C=O) groups is 2. The summed E-state index contributed by atoms with van der Waals surface area (Å²) >= 11 is 6.03. The standard InChI is InChI=1S/C16H15ClN2O5/c1-23-11-5-4-9(6-10(11)17)13(16(21)22)19-15(20)14-12(8-2-3-8)18-7-24-14/h4-8,13H,2-3H2,1H3,(H,19,20)(H,21,22). The number of carboxylic acids is 1. The van der Waals surface area contributed by atoms with E-state index in [2.05, 4.69) is 10.3 Å². The molecule has 0 aliphatic heterocycles. The smallest absolute Gasteiger partial charge is 0.330 e. The van der Waals surface area contributed by atoms with Crippen LogP contribution in [0.25, 0.3) is 0 Å². The summed E-state index contributed by atoms with van der Waals surface area (Å²) in [4.78, 5) is 28.0. The number of aliphatic carboxylic acids is 1. The lowest BCUT2D eigenvalue weighted by atomic mass is 10.1. The lowest BCUT2D eigenvalue weighted by molar-refractivity contribution is -0.139. The first-order chi connectivity index (χ1) is 11.5. The van der Waals surface area contributed by atoms with Gasteiger partial charge in [0.1, 0.15) is 5.75 Å². The molecule has 1 amide bonds. The summed E-state index contributed by atoms with van der Waals surface area (Å²) in [6, 6.07) is 3.26. The van der Waals surface area contributed by atoms with Crippen molar-refractivity contribution in [1.82, 2.24) is 10.3 Å². The summed E-state index contributed by atoms with van der Waals surface area (Å²) in [7, 11) is 1.46. The highest BCUT2D eigenvalue weighted by atomic mass is 35.5. The van der Waals surface area contributed by atoms with Crippen LogP contribution in [-0.2, 0) is 4.79 Å². The van der Waals surface area contributed by atoms with Crippen molar-refractivity contribution in [3.8, 4) is 5.75 Å². The molecule has 1 aromatic heterocycles. The number of benzene rings is 1. The molecule has 1 fully saturated rings. The fourth-order valence-corrected chi connectivity index (χ4v) is 2.68. The van der Waals surface area contributed by atoms with Gasteiger partial charge < -0.3 is 19.6 Å². The molecule has 1 atom stereocenters. The van der Waals surface area contributed by atoms with Crippen LogP contribution in [0, 0.1) is 0 Å². The van der Waals surface area contributed by atoms with Crippen LogP contribution in [0.4, 0.5) is 0 Å². The van der Waals surface area contributed by atoms with Gasteiger partial charge >= 0.3 is 5.97 Å². The summed E-state index contributed by atoms with van der Waals surface area (Å²) in [5.74, 6) is -1.14. The van der Waals surface area contributed by atoms with Gasteiger partial charge in [0.05, 0.1) is 17.8 Å². The average Bonchev–Trinajstić information content (AvgIpc) is 3.28. The van der Waals surface area contributed by atoms with Crippen LogP contribution in [-0.4, -0.2) is 29.1 Å². The third-order valence-corrected chi connectivity index (χ3v) is 4.09. The van der Waals surface area contributed by atoms with Crippen LogP contribution >= 0.6 is 11.6 Å². The second kappa shape index (κ2) is 6.52. The predicted molar refractivity (Wildman–Crippen MR) is 84.3 cm³/mol. The number of carbonyl (C=O) groups excluding carboxylic acids is 1. The number of hydrogen-bond donors (Lipinski definition) is 2. The molecule has 0 bridgehead atoms. The fourth-order valence-electron chi connectivity index (χ4n) is 2.42. The second-order valence-electron chi connectivity index (χ2n) is 5.48. The lowest BCUT2D eigenvalue weighted by Crippen LogP contribution is -2.34. The van der Waals surface area contributed by atoms with E-state index < -0.39 is 17.9 Å². The first kappa shape index (κ1) is 16.3. The molecule has 1 saturated carbocycles. The third kappa shape index (κ3) is 3.21. The molecular formula is C16H15ClN2O5. The molecule has 2 aromatic rings. The van der Waals surface area contributed by atoms with E-state index in [1.54, 1.807) is 6.07 Å². The van der Waals surface area contributed by atoms with Crippen molar-refractivity contribution in [2.24, 2.45) is 0 Å². The molecule has 24 heavy (non-hydrogen) atoms. The molecule has 0 saturated heterocycles. The summed E-state index contributed by atoms with van der Waals surface area (Å²) in [5, 5.41) is 12.2. The van der Waals surface area contributed by atoms with Crippen molar-refractivity contribution in [2.45, 2.75) is 24.8 Å². The molecule has 7 nitrogen and oxygen atoms in total. The maximum atomic E-state index is 12.4. The Morgan fingerprint density at radius 1 is 1.46 bits per heavy atom. The van der Waals surface area contributed by atoms with Gasteiger partial charge in [0, 0.05) is 5.92 Å². The van der Waals surface area contributed by atoms with E-state index in [0.717, 1.165) is 12.8 Å². The maximum absolute atomic E-state index is 12.4. The molecule has 2 N–H and O–H groups in total. The number of ether oxygens (including phenoxy) is 1. The molecule has 126 valence electrons. The fraction of sp³-hybridized carbons (Fsp3) is 0.312. The van der Waals surface area contributed by atoms with E-state index in [-0.39, 0.29) is 16.7 Å². The zero-order chi connectivity index (χ0) is 17.3. The Labute approximate surface area is 142 Å². The third-order valence-electron chi connectivity index (χ3n) is 3.80. The molecule has 3 rings (SSSR count). The topological polar surface area (TPSA) is 102 Å². The van der Waals surface area contributed by atoms with Crippen molar-refractivity contribution >= 4 is 23.5 Å². The van der Waals surface area contributed by atoms with Crippen molar-refractivity contribution in [2.75, 3.05) is 7.11 Å². The Kier molecular flexibility index (Phi) is 4.44. The van der Waals surface area contributed by atoms with E-state index >= 15 is 0 Å². The SMILES string of the molecule is COc1ccc(C(NC(=O)c2ocnc2C2CC2)C(=O)O)cc1Cl. The number of nitrogens with zero attached hydrogens (tertiary/aromatic N) is 1. The van der Waals surface area contributed by atoms with E-state index in [4.69, 9.17) is 20.8 Å². The number of amides is 1. The molecule has 0 radical (unpaired) electrons. The van der Waals surface area contributed by atoms with Gasteiger partial charge in [-0.25, -0.2) is 9.78 Å². The molecule has 1 aliphatic carbocycles. The predicted octanol–water partition coefficient (Wildman–Crippen LogP) is 2.77. The van der Waals surface area contributed by atoms with Crippen LogP contribution in [0.3, 0.4) is 0 Å². The summed E-state index contributed by atoms with van der Waals surface area (Å²) in [5.41, 5.74) is 0.901. The quantitative estimate of drug-likeness (QED) is 0.830. The number of halogens is 1. The number of aromatic nitrogens is 1. The van der Waals surface area contributed by atoms with Gasteiger partial charge in [-0.15, -0.1) is 0 Å². The molecule has 1 aromatic carbocycles. The Morgan fingerprint density at radius 3 is 2.79 bits per heavy atom. The monoisotopic (exact) mass is 350 g/mol. The van der Waals surface area contributed by atoms with E-state index in [1.807, 2.05) is 0 Å². The van der Waals surface area contributed by atoms with Gasteiger partial charge in [0.15, 0.2) is 12.4 Å². The van der Waals surface area contributed by atoms with Crippen LogP contribution < -0.4 is 10.1 Å². The Morgan fingerprint density at radius 2 is 2.21 bits per heavy atom. The Hall–Kier alpha value is -2.54. The normalized spacial score (nSPS) is 14.9. The minimum Gasteiger partial charge on any atom is -0.495 e. The van der Waals surface area contributed by atoms with Crippen molar-refractivity contribution in [3.05, 3.63) is 46.6 Å². The minimum atomic E-state index is -1.27. The van der Waals surface area contributed by atoms with E-state index in [9.17, 15) is 14.7 Å². The van der Waals surface area contributed by atoms with Gasteiger partial charge in [-0.1, -0.05) is 17.7 Å². The first-order valence-electron chi connectivity index (χ1n) is 7.31. The number of rotatable bonds is 6. The van der Waals surface area contributed by atoms with Gasteiger partial charge in [-0.05, 0) is 30.5 Å². The molecule has 1 aliphatic rings. The van der Waals surface area contributed by atoms with Crippen LogP contribution in [0.15, 0.2) is 29.0 Å². The zero-order valence-electron chi connectivity index (χ0n) is 12.8. The zero-order valence-corrected chi connectivity index (χ0v) is 13.5. The molecule has 1 heterocycles. The highest BCUT2D eigenvalue weighted by Gasteiger charge is 2.33. The van der Waals surface area contributed by atoms with E-state index in [0.29, 0.717) is 17.0 Å². The van der Waals surface area contributed by atoms with Gasteiger partial charge in [-0.2, -0.15) is 0 Å². The second-order valence-corrected chi connectivity index (χ2v) is 5.89.